The van der Waals surface area contributed by atoms with Crippen molar-refractivity contribution in [2.24, 2.45) is 5.92 Å². The lowest BCUT2D eigenvalue weighted by Crippen LogP contribution is -2.33. The molecule has 3 rings (SSSR count). The zero-order valence-electron chi connectivity index (χ0n) is 16.9. The maximum absolute atomic E-state index is 12.6. The van der Waals surface area contributed by atoms with Gasteiger partial charge in [-0.15, -0.1) is 0 Å². The van der Waals surface area contributed by atoms with Crippen LogP contribution in [0.15, 0.2) is 42.5 Å². The average Bonchev–Trinajstić information content (AvgIpc) is 2.70. The molecule has 1 heterocycles. The number of halogens is 1. The van der Waals surface area contributed by atoms with E-state index in [9.17, 15) is 9.59 Å². The molecule has 29 heavy (non-hydrogen) atoms. The van der Waals surface area contributed by atoms with Crippen molar-refractivity contribution in [3.8, 4) is 0 Å². The summed E-state index contributed by atoms with van der Waals surface area (Å²) < 4.78 is 4.96. The molecule has 1 fully saturated rings. The lowest BCUT2D eigenvalue weighted by molar-refractivity contribution is 0.0526. The quantitative estimate of drug-likeness (QED) is 0.675. The van der Waals surface area contributed by atoms with Crippen LogP contribution in [-0.2, 0) is 11.3 Å². The van der Waals surface area contributed by atoms with Crippen LogP contribution >= 0.6 is 11.6 Å². The lowest BCUT2D eigenvalue weighted by Gasteiger charge is -2.30. The number of hydrogen-bond donors (Lipinski definition) is 1. The number of nitrogens with zero attached hydrogens (tertiary/aromatic N) is 1. The van der Waals surface area contributed by atoms with Crippen LogP contribution in [0, 0.1) is 5.92 Å². The van der Waals surface area contributed by atoms with Gasteiger partial charge in [0, 0.05) is 18.7 Å². The van der Waals surface area contributed by atoms with Crippen LogP contribution in [0.25, 0.3) is 0 Å². The number of carbonyl (C=O) groups excluding carboxylic acids is 2. The van der Waals surface area contributed by atoms with Crippen LogP contribution < -0.4 is 5.32 Å². The number of amides is 1. The van der Waals surface area contributed by atoms with E-state index < -0.39 is 5.97 Å². The molecule has 1 N–H and O–H groups in total. The van der Waals surface area contributed by atoms with Crippen LogP contribution in [0.2, 0.25) is 5.02 Å². The van der Waals surface area contributed by atoms with E-state index in [1.165, 1.54) is 24.5 Å². The molecule has 0 unspecified atom stereocenters. The van der Waals surface area contributed by atoms with Gasteiger partial charge >= 0.3 is 5.97 Å². The third-order valence-corrected chi connectivity index (χ3v) is 5.40. The third-order valence-electron chi connectivity index (χ3n) is 5.09. The Hall–Kier alpha value is -2.37. The van der Waals surface area contributed by atoms with Crippen molar-refractivity contribution >= 4 is 29.2 Å². The molecule has 0 aromatic heterocycles. The molecule has 0 spiro atoms. The number of esters is 1. The van der Waals surface area contributed by atoms with Gasteiger partial charge in [-0.3, -0.25) is 9.69 Å². The SMILES string of the molecule is CCOC(=O)c1ccc(NC(=O)c2ccc(CN3CCC[C@H](C)C3)cc2)c(Cl)c1. The number of benzene rings is 2. The summed E-state index contributed by atoms with van der Waals surface area (Å²) in [6, 6.07) is 12.4. The Morgan fingerprint density at radius 2 is 1.90 bits per heavy atom. The van der Waals surface area contributed by atoms with Gasteiger partial charge in [0.2, 0.25) is 0 Å². The minimum atomic E-state index is -0.439. The Morgan fingerprint density at radius 3 is 2.55 bits per heavy atom. The number of ether oxygens (including phenoxy) is 1. The molecule has 154 valence electrons. The van der Waals surface area contributed by atoms with Crippen molar-refractivity contribution in [2.45, 2.75) is 33.2 Å². The van der Waals surface area contributed by atoms with Gasteiger partial charge in [0.25, 0.3) is 5.91 Å². The lowest BCUT2D eigenvalue weighted by atomic mass is 9.99. The van der Waals surface area contributed by atoms with E-state index in [0.29, 0.717) is 28.4 Å². The molecule has 2 aromatic carbocycles. The molecule has 6 heteroatoms. The molecule has 1 amide bonds. The first-order chi connectivity index (χ1) is 14.0. The van der Waals surface area contributed by atoms with Crippen molar-refractivity contribution in [1.29, 1.82) is 0 Å². The van der Waals surface area contributed by atoms with Gasteiger partial charge in [0.05, 0.1) is 22.9 Å². The van der Waals surface area contributed by atoms with E-state index in [4.69, 9.17) is 16.3 Å². The summed E-state index contributed by atoms with van der Waals surface area (Å²) in [7, 11) is 0. The molecule has 1 atom stereocenters. The van der Waals surface area contributed by atoms with E-state index in [1.54, 1.807) is 19.1 Å². The summed E-state index contributed by atoms with van der Waals surface area (Å²) >= 11 is 6.22. The summed E-state index contributed by atoms with van der Waals surface area (Å²) in [5.41, 5.74) is 2.57. The number of rotatable bonds is 6. The van der Waals surface area contributed by atoms with Gasteiger partial charge in [0.15, 0.2) is 0 Å². The number of hydrogen-bond acceptors (Lipinski definition) is 4. The van der Waals surface area contributed by atoms with Gasteiger partial charge in [-0.1, -0.05) is 30.7 Å². The molecule has 5 nitrogen and oxygen atoms in total. The second-order valence-corrected chi connectivity index (χ2v) is 7.96. The first kappa shape index (κ1) is 21.3. The van der Waals surface area contributed by atoms with E-state index in [1.807, 2.05) is 24.3 Å². The molecule has 1 aliphatic heterocycles. The Labute approximate surface area is 177 Å². The van der Waals surface area contributed by atoms with Gasteiger partial charge in [-0.05, 0) is 68.1 Å². The van der Waals surface area contributed by atoms with Gasteiger partial charge in [0.1, 0.15) is 0 Å². The molecule has 1 aliphatic rings. The highest BCUT2D eigenvalue weighted by molar-refractivity contribution is 6.34. The normalized spacial score (nSPS) is 17.0. The van der Waals surface area contributed by atoms with E-state index in [2.05, 4.69) is 17.1 Å². The molecule has 2 aromatic rings. The van der Waals surface area contributed by atoms with Crippen LogP contribution in [-0.4, -0.2) is 36.5 Å². The summed E-state index contributed by atoms with van der Waals surface area (Å²) in [6.07, 6.45) is 2.55. The molecule has 1 saturated heterocycles. The van der Waals surface area contributed by atoms with Crippen LogP contribution in [0.3, 0.4) is 0 Å². The maximum Gasteiger partial charge on any atom is 0.338 e. The number of nitrogens with one attached hydrogen (secondary N) is 1. The first-order valence-corrected chi connectivity index (χ1v) is 10.4. The number of likely N-dealkylation sites (tertiary alicyclic amines) is 1. The fourth-order valence-corrected chi connectivity index (χ4v) is 3.83. The second-order valence-electron chi connectivity index (χ2n) is 7.55. The van der Waals surface area contributed by atoms with Crippen LogP contribution in [0.4, 0.5) is 5.69 Å². The first-order valence-electron chi connectivity index (χ1n) is 10.1. The molecule has 0 aliphatic carbocycles. The molecule has 0 bridgehead atoms. The van der Waals surface area contributed by atoms with Gasteiger partial charge < -0.3 is 10.1 Å². The fraction of sp³-hybridized carbons (Fsp3) is 0.391. The van der Waals surface area contributed by atoms with E-state index in [0.717, 1.165) is 25.6 Å². The Morgan fingerprint density at radius 1 is 1.17 bits per heavy atom. The largest absolute Gasteiger partial charge is 0.462 e. The molecule has 0 saturated carbocycles. The van der Waals surface area contributed by atoms with Crippen LogP contribution in [0.5, 0.6) is 0 Å². The summed E-state index contributed by atoms with van der Waals surface area (Å²) in [4.78, 5) is 26.8. The number of anilines is 1. The highest BCUT2D eigenvalue weighted by atomic mass is 35.5. The summed E-state index contributed by atoms with van der Waals surface area (Å²) in [5.74, 6) is 0.0636. The predicted molar refractivity (Wildman–Crippen MR) is 115 cm³/mol. The Kier molecular flexibility index (Phi) is 7.29. The highest BCUT2D eigenvalue weighted by Crippen LogP contribution is 2.24. The van der Waals surface area contributed by atoms with Crippen LogP contribution in [0.1, 0.15) is 53.0 Å². The molecular formula is C23H27ClN2O3. The smallest absolute Gasteiger partial charge is 0.338 e. The number of carbonyl (C=O) groups is 2. The standard InChI is InChI=1S/C23H27ClN2O3/c1-3-29-23(28)19-10-11-21(20(24)13-19)25-22(27)18-8-6-17(7-9-18)15-26-12-4-5-16(2)14-26/h6-11,13,16H,3-5,12,14-15H2,1-2H3,(H,25,27)/t16-/m0/s1. The maximum atomic E-state index is 12.6. The summed E-state index contributed by atoms with van der Waals surface area (Å²) in [5, 5.41) is 3.09. The van der Waals surface area contributed by atoms with Crippen molar-refractivity contribution in [2.75, 3.05) is 25.0 Å². The van der Waals surface area contributed by atoms with Crippen molar-refractivity contribution in [3.05, 3.63) is 64.2 Å². The number of piperidine rings is 1. The van der Waals surface area contributed by atoms with E-state index in [-0.39, 0.29) is 5.91 Å². The highest BCUT2D eigenvalue weighted by Gasteiger charge is 2.17. The van der Waals surface area contributed by atoms with E-state index >= 15 is 0 Å². The zero-order valence-corrected chi connectivity index (χ0v) is 17.7. The third kappa shape index (κ3) is 5.81. The fourth-order valence-electron chi connectivity index (χ4n) is 3.60. The zero-order chi connectivity index (χ0) is 20.8. The average molecular weight is 415 g/mol. The van der Waals surface area contributed by atoms with Gasteiger partial charge in [-0.25, -0.2) is 4.79 Å². The topological polar surface area (TPSA) is 58.6 Å². The molecular weight excluding hydrogens is 388 g/mol. The Balaban J connectivity index is 1.61. The monoisotopic (exact) mass is 414 g/mol. The Bertz CT molecular complexity index is 867. The molecule has 0 radical (unpaired) electrons. The second kappa shape index (κ2) is 9.90. The van der Waals surface area contributed by atoms with Crippen molar-refractivity contribution < 1.29 is 14.3 Å². The van der Waals surface area contributed by atoms with Crippen molar-refractivity contribution in [1.82, 2.24) is 4.90 Å². The van der Waals surface area contributed by atoms with Gasteiger partial charge in [-0.2, -0.15) is 0 Å². The minimum Gasteiger partial charge on any atom is -0.462 e. The predicted octanol–water partition coefficient (Wildman–Crippen LogP) is 5.00. The van der Waals surface area contributed by atoms with Crippen molar-refractivity contribution in [3.63, 3.8) is 0 Å². The minimum absolute atomic E-state index is 0.242. The summed E-state index contributed by atoms with van der Waals surface area (Å²) in [6.45, 7) is 7.50.